The van der Waals surface area contributed by atoms with E-state index in [2.05, 4.69) is 11.3 Å². The zero-order valence-corrected chi connectivity index (χ0v) is 11.4. The van der Waals surface area contributed by atoms with Crippen LogP contribution in [0.15, 0.2) is 35.7 Å². The minimum Gasteiger partial charge on any atom is -0.495 e. The molecule has 0 aliphatic heterocycles. The first-order chi connectivity index (χ1) is 8.81. The molecule has 7 heteroatoms. The second-order valence-electron chi connectivity index (χ2n) is 3.82. The Hall–Kier alpha value is -1.86. The van der Waals surface area contributed by atoms with Crippen molar-refractivity contribution in [2.45, 2.75) is 17.9 Å². The summed E-state index contributed by atoms with van der Waals surface area (Å²) in [5.41, 5.74) is -0.132. The number of carboxylic acids is 1. The summed E-state index contributed by atoms with van der Waals surface area (Å²) in [5.74, 6) is -1.13. The van der Waals surface area contributed by atoms with E-state index >= 15 is 0 Å². The smallest absolute Gasteiger partial charge is 0.335 e. The average Bonchev–Trinajstić information content (AvgIpc) is 2.37. The van der Waals surface area contributed by atoms with Gasteiger partial charge in [0.15, 0.2) is 0 Å². The molecule has 1 atom stereocenters. The first-order valence-corrected chi connectivity index (χ1v) is 6.86. The third kappa shape index (κ3) is 3.55. The molecule has 0 radical (unpaired) electrons. The van der Waals surface area contributed by atoms with E-state index in [1.165, 1.54) is 25.3 Å². The van der Waals surface area contributed by atoms with Gasteiger partial charge in [-0.1, -0.05) is 6.08 Å². The topological polar surface area (TPSA) is 92.7 Å². The van der Waals surface area contributed by atoms with Crippen LogP contribution in [0.4, 0.5) is 0 Å². The second-order valence-corrected chi connectivity index (χ2v) is 5.50. The maximum absolute atomic E-state index is 12.1. The molecular weight excluding hydrogens is 270 g/mol. The Balaban J connectivity index is 3.34. The standard InChI is InChI=1S/C12H15NO5S/c1-4-8(2)13-19(16,17)11-7-9(12(14)15)5-6-10(11)18-3/h4-8,13H,1H2,2-3H3,(H,14,15). The van der Waals surface area contributed by atoms with Crippen LogP contribution in [0.3, 0.4) is 0 Å². The molecule has 0 aromatic heterocycles. The molecule has 1 rings (SSSR count). The predicted octanol–water partition coefficient (Wildman–Crippen LogP) is 1.25. The molecule has 1 aromatic rings. The minimum absolute atomic E-state index is 0.0776. The van der Waals surface area contributed by atoms with Crippen LogP contribution in [-0.4, -0.2) is 32.6 Å². The largest absolute Gasteiger partial charge is 0.495 e. The number of methoxy groups -OCH3 is 1. The number of hydrogen-bond donors (Lipinski definition) is 2. The number of ether oxygens (including phenoxy) is 1. The number of carbonyl (C=O) groups is 1. The number of hydrogen-bond acceptors (Lipinski definition) is 4. The highest BCUT2D eigenvalue weighted by Gasteiger charge is 2.22. The Labute approximate surface area is 111 Å². The van der Waals surface area contributed by atoms with Gasteiger partial charge in [0.1, 0.15) is 10.6 Å². The van der Waals surface area contributed by atoms with Crippen LogP contribution in [0.25, 0.3) is 0 Å². The monoisotopic (exact) mass is 285 g/mol. The Morgan fingerprint density at radius 1 is 1.53 bits per heavy atom. The predicted molar refractivity (Wildman–Crippen MR) is 69.9 cm³/mol. The molecular formula is C12H15NO5S. The van der Waals surface area contributed by atoms with E-state index in [4.69, 9.17) is 9.84 Å². The van der Waals surface area contributed by atoms with Gasteiger partial charge in [-0.15, -0.1) is 6.58 Å². The highest BCUT2D eigenvalue weighted by Crippen LogP contribution is 2.25. The van der Waals surface area contributed by atoms with Crippen molar-refractivity contribution in [2.75, 3.05) is 7.11 Å². The third-order valence-electron chi connectivity index (χ3n) is 2.39. The Kier molecular flexibility index (Phi) is 4.68. The van der Waals surface area contributed by atoms with Crippen molar-refractivity contribution in [3.8, 4) is 5.75 Å². The molecule has 19 heavy (non-hydrogen) atoms. The maximum atomic E-state index is 12.1. The van der Waals surface area contributed by atoms with Crippen molar-refractivity contribution in [3.05, 3.63) is 36.4 Å². The summed E-state index contributed by atoms with van der Waals surface area (Å²) in [6, 6.07) is 3.15. The molecule has 0 spiro atoms. The average molecular weight is 285 g/mol. The summed E-state index contributed by atoms with van der Waals surface area (Å²) in [4.78, 5) is 10.7. The van der Waals surface area contributed by atoms with Crippen LogP contribution in [0.1, 0.15) is 17.3 Å². The van der Waals surface area contributed by atoms with Gasteiger partial charge in [0.05, 0.1) is 12.7 Å². The third-order valence-corrected chi connectivity index (χ3v) is 3.97. The first kappa shape index (κ1) is 15.2. The SMILES string of the molecule is C=CC(C)NS(=O)(=O)c1cc(C(=O)O)ccc1OC. The summed E-state index contributed by atoms with van der Waals surface area (Å²) in [6.45, 7) is 5.08. The number of carboxylic acid groups (broad SMARTS) is 1. The van der Waals surface area contributed by atoms with Gasteiger partial charge in [-0.2, -0.15) is 0 Å². The van der Waals surface area contributed by atoms with Crippen molar-refractivity contribution in [1.29, 1.82) is 0 Å². The van der Waals surface area contributed by atoms with Crippen LogP contribution in [-0.2, 0) is 10.0 Å². The lowest BCUT2D eigenvalue weighted by Crippen LogP contribution is -2.31. The number of nitrogens with one attached hydrogen (secondary N) is 1. The van der Waals surface area contributed by atoms with Gasteiger partial charge in [-0.05, 0) is 25.1 Å². The number of sulfonamides is 1. The summed E-state index contributed by atoms with van der Waals surface area (Å²) in [6.07, 6.45) is 1.42. The van der Waals surface area contributed by atoms with Crippen molar-refractivity contribution in [1.82, 2.24) is 4.72 Å². The lowest BCUT2D eigenvalue weighted by molar-refractivity contribution is 0.0696. The summed E-state index contributed by atoms with van der Waals surface area (Å²) in [7, 11) is -2.57. The molecule has 2 N–H and O–H groups in total. The number of aromatic carboxylic acids is 1. The van der Waals surface area contributed by atoms with Crippen LogP contribution in [0, 0.1) is 0 Å². The molecule has 0 aliphatic carbocycles. The summed E-state index contributed by atoms with van der Waals surface area (Å²) < 4.78 is 31.5. The first-order valence-electron chi connectivity index (χ1n) is 5.38. The highest BCUT2D eigenvalue weighted by atomic mass is 32.2. The van der Waals surface area contributed by atoms with Crippen LogP contribution in [0.5, 0.6) is 5.75 Å². The lowest BCUT2D eigenvalue weighted by atomic mass is 10.2. The van der Waals surface area contributed by atoms with Gasteiger partial charge in [0.2, 0.25) is 10.0 Å². The van der Waals surface area contributed by atoms with Crippen molar-refractivity contribution in [2.24, 2.45) is 0 Å². The minimum atomic E-state index is -3.88. The van der Waals surface area contributed by atoms with Gasteiger partial charge in [0.25, 0.3) is 0 Å². The van der Waals surface area contributed by atoms with Crippen molar-refractivity contribution >= 4 is 16.0 Å². The van der Waals surface area contributed by atoms with E-state index in [-0.39, 0.29) is 16.2 Å². The fourth-order valence-corrected chi connectivity index (χ4v) is 2.79. The van der Waals surface area contributed by atoms with Gasteiger partial charge in [0, 0.05) is 6.04 Å². The lowest BCUT2D eigenvalue weighted by Gasteiger charge is -2.13. The van der Waals surface area contributed by atoms with Crippen LogP contribution >= 0.6 is 0 Å². The van der Waals surface area contributed by atoms with Gasteiger partial charge >= 0.3 is 5.97 Å². The molecule has 0 amide bonds. The zero-order valence-electron chi connectivity index (χ0n) is 10.6. The van der Waals surface area contributed by atoms with Gasteiger partial charge in [-0.3, -0.25) is 0 Å². The van der Waals surface area contributed by atoms with Crippen LogP contribution < -0.4 is 9.46 Å². The van der Waals surface area contributed by atoms with E-state index in [1.54, 1.807) is 6.92 Å². The molecule has 0 fully saturated rings. The van der Waals surface area contributed by atoms with Crippen molar-refractivity contribution in [3.63, 3.8) is 0 Å². The number of rotatable bonds is 6. The Bertz CT molecular complexity index is 594. The molecule has 1 unspecified atom stereocenters. The quantitative estimate of drug-likeness (QED) is 0.767. The number of benzene rings is 1. The molecule has 0 saturated heterocycles. The van der Waals surface area contributed by atoms with Crippen LogP contribution in [0.2, 0.25) is 0 Å². The van der Waals surface area contributed by atoms with E-state index in [1.807, 2.05) is 0 Å². The maximum Gasteiger partial charge on any atom is 0.335 e. The summed E-state index contributed by atoms with van der Waals surface area (Å²) in [5, 5.41) is 8.89. The Morgan fingerprint density at radius 2 is 2.16 bits per heavy atom. The second kappa shape index (κ2) is 5.85. The highest BCUT2D eigenvalue weighted by molar-refractivity contribution is 7.89. The Morgan fingerprint density at radius 3 is 2.63 bits per heavy atom. The molecule has 0 heterocycles. The van der Waals surface area contributed by atoms with E-state index in [0.29, 0.717) is 0 Å². The fourth-order valence-electron chi connectivity index (χ4n) is 1.38. The van der Waals surface area contributed by atoms with E-state index in [0.717, 1.165) is 6.07 Å². The van der Waals surface area contributed by atoms with Gasteiger partial charge in [-0.25, -0.2) is 17.9 Å². The normalized spacial score (nSPS) is 12.7. The molecule has 6 nitrogen and oxygen atoms in total. The van der Waals surface area contributed by atoms with E-state index < -0.39 is 22.0 Å². The zero-order chi connectivity index (χ0) is 14.6. The molecule has 104 valence electrons. The molecule has 0 bridgehead atoms. The summed E-state index contributed by atoms with van der Waals surface area (Å²) >= 11 is 0. The fraction of sp³-hybridized carbons (Fsp3) is 0.250. The van der Waals surface area contributed by atoms with Gasteiger partial charge < -0.3 is 9.84 Å². The van der Waals surface area contributed by atoms with E-state index in [9.17, 15) is 13.2 Å². The van der Waals surface area contributed by atoms with Crippen molar-refractivity contribution < 1.29 is 23.1 Å². The molecule has 0 saturated carbocycles. The molecule has 0 aliphatic rings. The molecule has 1 aromatic carbocycles.